The van der Waals surface area contributed by atoms with Crippen LogP contribution in [0.2, 0.25) is 0 Å². The standard InChI is InChI=1S/C16H30N2O2/c1-14(2)11-18(12-15(3,4)20-14)13(19)16(10-17)8-6-5-7-9-16/h5-12,17H2,1-4H3. The Morgan fingerprint density at radius 2 is 1.55 bits per heavy atom. The highest BCUT2D eigenvalue weighted by Crippen LogP contribution is 2.39. The summed E-state index contributed by atoms with van der Waals surface area (Å²) in [6, 6.07) is 0. The van der Waals surface area contributed by atoms with Crippen LogP contribution in [0.15, 0.2) is 0 Å². The number of nitrogens with two attached hydrogens (primary N) is 1. The van der Waals surface area contributed by atoms with Gasteiger partial charge in [-0.25, -0.2) is 0 Å². The summed E-state index contributed by atoms with van der Waals surface area (Å²) < 4.78 is 6.07. The van der Waals surface area contributed by atoms with E-state index < -0.39 is 0 Å². The van der Waals surface area contributed by atoms with Crippen molar-refractivity contribution < 1.29 is 9.53 Å². The van der Waals surface area contributed by atoms with Gasteiger partial charge >= 0.3 is 0 Å². The molecular weight excluding hydrogens is 252 g/mol. The molecule has 1 saturated carbocycles. The SMILES string of the molecule is CC1(C)CN(C(=O)C2(CN)CCCCC2)CC(C)(C)O1. The molecule has 0 aromatic carbocycles. The van der Waals surface area contributed by atoms with Crippen LogP contribution in [-0.4, -0.2) is 41.6 Å². The molecule has 0 atom stereocenters. The van der Waals surface area contributed by atoms with Gasteiger partial charge in [-0.1, -0.05) is 19.3 Å². The van der Waals surface area contributed by atoms with E-state index in [-0.39, 0.29) is 22.5 Å². The second-order valence-corrected chi connectivity index (χ2v) is 7.83. The van der Waals surface area contributed by atoms with Gasteiger partial charge in [0.2, 0.25) is 5.91 Å². The monoisotopic (exact) mass is 282 g/mol. The lowest BCUT2D eigenvalue weighted by Gasteiger charge is -2.50. The normalized spacial score (nSPS) is 28.1. The van der Waals surface area contributed by atoms with Gasteiger partial charge in [0, 0.05) is 19.6 Å². The molecule has 20 heavy (non-hydrogen) atoms. The molecule has 1 heterocycles. The first-order chi connectivity index (χ1) is 9.20. The van der Waals surface area contributed by atoms with Crippen molar-refractivity contribution in [1.82, 2.24) is 4.90 Å². The predicted octanol–water partition coefficient (Wildman–Crippen LogP) is 2.31. The van der Waals surface area contributed by atoms with E-state index in [9.17, 15) is 4.79 Å². The van der Waals surface area contributed by atoms with Crippen molar-refractivity contribution in [2.24, 2.45) is 11.1 Å². The van der Waals surface area contributed by atoms with Crippen LogP contribution in [0.4, 0.5) is 0 Å². The topological polar surface area (TPSA) is 55.6 Å². The number of carbonyl (C=O) groups excluding carboxylic acids is 1. The fraction of sp³-hybridized carbons (Fsp3) is 0.938. The first-order valence-electron chi connectivity index (χ1n) is 7.89. The zero-order valence-electron chi connectivity index (χ0n) is 13.5. The minimum Gasteiger partial charge on any atom is -0.366 e. The van der Waals surface area contributed by atoms with Crippen LogP contribution < -0.4 is 5.73 Å². The maximum atomic E-state index is 13.1. The van der Waals surface area contributed by atoms with Crippen molar-refractivity contribution in [3.05, 3.63) is 0 Å². The summed E-state index contributed by atoms with van der Waals surface area (Å²) in [5.41, 5.74) is 5.10. The average molecular weight is 282 g/mol. The Labute approximate surface area is 123 Å². The molecule has 0 aromatic rings. The van der Waals surface area contributed by atoms with Crippen molar-refractivity contribution in [3.63, 3.8) is 0 Å². The van der Waals surface area contributed by atoms with E-state index in [0.717, 1.165) is 25.7 Å². The summed E-state index contributed by atoms with van der Waals surface area (Å²) in [6.45, 7) is 10.0. The largest absolute Gasteiger partial charge is 0.366 e. The van der Waals surface area contributed by atoms with E-state index in [4.69, 9.17) is 10.5 Å². The third-order valence-corrected chi connectivity index (χ3v) is 4.64. The molecule has 0 radical (unpaired) electrons. The summed E-state index contributed by atoms with van der Waals surface area (Å²) in [5.74, 6) is 0.254. The fourth-order valence-electron chi connectivity index (χ4n) is 4.00. The lowest BCUT2D eigenvalue weighted by molar-refractivity contribution is -0.193. The van der Waals surface area contributed by atoms with Gasteiger partial charge in [0.1, 0.15) is 0 Å². The molecule has 116 valence electrons. The van der Waals surface area contributed by atoms with Gasteiger partial charge in [-0.05, 0) is 40.5 Å². The predicted molar refractivity (Wildman–Crippen MR) is 80.4 cm³/mol. The highest BCUT2D eigenvalue weighted by Gasteiger charge is 2.46. The number of amides is 1. The van der Waals surface area contributed by atoms with Gasteiger partial charge in [-0.3, -0.25) is 4.79 Å². The van der Waals surface area contributed by atoms with Crippen LogP contribution in [0.25, 0.3) is 0 Å². The number of morpholine rings is 1. The zero-order chi connectivity index (χ0) is 15.0. The molecular formula is C16H30N2O2. The van der Waals surface area contributed by atoms with Gasteiger partial charge < -0.3 is 15.4 Å². The van der Waals surface area contributed by atoms with E-state index in [0.29, 0.717) is 19.6 Å². The Balaban J connectivity index is 2.18. The molecule has 4 heteroatoms. The summed E-state index contributed by atoms with van der Waals surface area (Å²) in [4.78, 5) is 15.1. The zero-order valence-corrected chi connectivity index (χ0v) is 13.5. The summed E-state index contributed by atoms with van der Waals surface area (Å²) in [6.07, 6.45) is 5.37. The van der Waals surface area contributed by atoms with Crippen molar-refractivity contribution >= 4 is 5.91 Å². The van der Waals surface area contributed by atoms with E-state index in [1.54, 1.807) is 0 Å². The smallest absolute Gasteiger partial charge is 0.230 e. The van der Waals surface area contributed by atoms with Crippen molar-refractivity contribution in [2.45, 2.75) is 71.0 Å². The molecule has 2 aliphatic rings. The lowest BCUT2D eigenvalue weighted by atomic mass is 9.72. The van der Waals surface area contributed by atoms with Gasteiger partial charge in [-0.15, -0.1) is 0 Å². The number of carbonyl (C=O) groups is 1. The van der Waals surface area contributed by atoms with Crippen LogP contribution in [0, 0.1) is 5.41 Å². The molecule has 1 amide bonds. The first kappa shape index (κ1) is 15.8. The Morgan fingerprint density at radius 1 is 1.05 bits per heavy atom. The van der Waals surface area contributed by atoms with Crippen LogP contribution in [0.5, 0.6) is 0 Å². The van der Waals surface area contributed by atoms with Gasteiger partial charge in [-0.2, -0.15) is 0 Å². The second kappa shape index (κ2) is 5.30. The van der Waals surface area contributed by atoms with E-state index in [1.165, 1.54) is 6.42 Å². The minimum atomic E-state index is -0.318. The third kappa shape index (κ3) is 3.17. The molecule has 2 fully saturated rings. The quantitative estimate of drug-likeness (QED) is 0.845. The van der Waals surface area contributed by atoms with Gasteiger partial charge in [0.15, 0.2) is 0 Å². The maximum absolute atomic E-state index is 13.1. The molecule has 4 nitrogen and oxygen atoms in total. The van der Waals surface area contributed by atoms with E-state index >= 15 is 0 Å². The van der Waals surface area contributed by atoms with Crippen LogP contribution in [0.1, 0.15) is 59.8 Å². The maximum Gasteiger partial charge on any atom is 0.230 e. The summed E-state index contributed by atoms with van der Waals surface area (Å²) in [5, 5.41) is 0. The Kier molecular flexibility index (Phi) is 4.18. The first-order valence-corrected chi connectivity index (χ1v) is 7.89. The molecule has 0 unspecified atom stereocenters. The molecule has 2 rings (SSSR count). The third-order valence-electron chi connectivity index (χ3n) is 4.64. The number of ether oxygens (including phenoxy) is 1. The van der Waals surface area contributed by atoms with Crippen molar-refractivity contribution in [2.75, 3.05) is 19.6 Å². The number of hydrogen-bond donors (Lipinski definition) is 1. The number of hydrogen-bond acceptors (Lipinski definition) is 3. The molecule has 1 saturated heterocycles. The van der Waals surface area contributed by atoms with Crippen molar-refractivity contribution in [1.29, 1.82) is 0 Å². The highest BCUT2D eigenvalue weighted by atomic mass is 16.5. The Morgan fingerprint density at radius 3 is 2.00 bits per heavy atom. The van der Waals surface area contributed by atoms with Crippen molar-refractivity contribution in [3.8, 4) is 0 Å². The number of nitrogens with zero attached hydrogens (tertiary/aromatic N) is 1. The molecule has 1 aliphatic carbocycles. The minimum absolute atomic E-state index is 0.254. The molecule has 2 N–H and O–H groups in total. The molecule has 0 spiro atoms. The fourth-order valence-corrected chi connectivity index (χ4v) is 4.00. The molecule has 0 bridgehead atoms. The van der Waals surface area contributed by atoms with Gasteiger partial charge in [0.05, 0.1) is 16.6 Å². The average Bonchev–Trinajstić information content (AvgIpc) is 2.35. The Hall–Kier alpha value is -0.610. The Bertz CT molecular complexity index is 355. The van der Waals surface area contributed by atoms with Crippen LogP contribution in [-0.2, 0) is 9.53 Å². The lowest BCUT2D eigenvalue weighted by Crippen LogP contribution is -2.62. The second-order valence-electron chi connectivity index (χ2n) is 7.83. The van der Waals surface area contributed by atoms with Crippen LogP contribution in [0.3, 0.4) is 0 Å². The van der Waals surface area contributed by atoms with E-state index in [2.05, 4.69) is 27.7 Å². The highest BCUT2D eigenvalue weighted by molar-refractivity contribution is 5.83. The summed E-state index contributed by atoms with van der Waals surface area (Å²) in [7, 11) is 0. The molecule has 0 aromatic heterocycles. The van der Waals surface area contributed by atoms with Crippen LogP contribution >= 0.6 is 0 Å². The molecule has 1 aliphatic heterocycles. The van der Waals surface area contributed by atoms with E-state index in [1.807, 2.05) is 4.90 Å². The van der Waals surface area contributed by atoms with Gasteiger partial charge in [0.25, 0.3) is 0 Å². The summed E-state index contributed by atoms with van der Waals surface area (Å²) >= 11 is 0. The number of rotatable bonds is 2.